The number of nitrogens with zero attached hydrogens (tertiary/aromatic N) is 1. The molecule has 94 valence electrons. The van der Waals surface area contributed by atoms with Gasteiger partial charge in [-0.2, -0.15) is 0 Å². The molecular weight excluding hydrogens is 210 g/mol. The van der Waals surface area contributed by atoms with Crippen molar-refractivity contribution < 1.29 is 5.11 Å². The van der Waals surface area contributed by atoms with Crippen molar-refractivity contribution in [1.82, 2.24) is 0 Å². The van der Waals surface area contributed by atoms with Crippen molar-refractivity contribution in [3.05, 3.63) is 29.8 Å². The first kappa shape index (κ1) is 12.4. The first-order valence-electron chi connectivity index (χ1n) is 6.73. The molecule has 0 aromatic heterocycles. The third-order valence-corrected chi connectivity index (χ3v) is 3.41. The molecule has 1 aromatic carbocycles. The average molecular weight is 233 g/mol. The maximum atomic E-state index is 9.50. The molecule has 0 heterocycles. The van der Waals surface area contributed by atoms with Gasteiger partial charge in [-0.15, -0.1) is 0 Å². The van der Waals surface area contributed by atoms with Crippen LogP contribution in [0.2, 0.25) is 0 Å². The Balaban J connectivity index is 2.05. The van der Waals surface area contributed by atoms with E-state index in [9.17, 15) is 5.11 Å². The van der Waals surface area contributed by atoms with E-state index in [-0.39, 0.29) is 6.10 Å². The quantitative estimate of drug-likeness (QED) is 0.814. The van der Waals surface area contributed by atoms with Crippen molar-refractivity contribution in [2.45, 2.75) is 39.2 Å². The lowest BCUT2D eigenvalue weighted by molar-refractivity contribution is 0.199. The van der Waals surface area contributed by atoms with Gasteiger partial charge < -0.3 is 10.0 Å². The molecule has 1 aliphatic carbocycles. The topological polar surface area (TPSA) is 23.5 Å². The molecule has 0 radical (unpaired) electrons. The molecule has 1 atom stereocenters. The monoisotopic (exact) mass is 233 g/mol. The lowest BCUT2D eigenvalue weighted by Crippen LogP contribution is -2.26. The van der Waals surface area contributed by atoms with Crippen LogP contribution in [0, 0.1) is 5.92 Å². The fourth-order valence-electron chi connectivity index (χ4n) is 2.17. The number of aliphatic hydroxyl groups excluding tert-OH is 1. The van der Waals surface area contributed by atoms with E-state index >= 15 is 0 Å². The minimum Gasteiger partial charge on any atom is -0.389 e. The highest BCUT2D eigenvalue weighted by Crippen LogP contribution is 2.31. The van der Waals surface area contributed by atoms with Crippen molar-refractivity contribution in [3.8, 4) is 0 Å². The Kier molecular flexibility index (Phi) is 4.06. The Hall–Kier alpha value is -1.02. The van der Waals surface area contributed by atoms with E-state index in [1.165, 1.54) is 31.5 Å². The third kappa shape index (κ3) is 3.47. The van der Waals surface area contributed by atoms with Crippen molar-refractivity contribution in [3.63, 3.8) is 0 Å². The first-order chi connectivity index (χ1) is 8.20. The standard InChI is InChI=1S/C15H23NO/c1-3-10-16(11-13-4-5-13)15-8-6-14(7-9-15)12(2)17/h6-9,12-13,17H,3-5,10-11H2,1-2H3/t12-/m0/s1. The van der Waals surface area contributed by atoms with Gasteiger partial charge in [-0.05, 0) is 49.8 Å². The highest BCUT2D eigenvalue weighted by atomic mass is 16.3. The molecule has 1 fully saturated rings. The Bertz CT molecular complexity index is 340. The molecule has 0 bridgehead atoms. The smallest absolute Gasteiger partial charge is 0.0761 e. The number of benzene rings is 1. The zero-order valence-electron chi connectivity index (χ0n) is 10.9. The van der Waals surface area contributed by atoms with Gasteiger partial charge in [0.1, 0.15) is 0 Å². The molecule has 2 nitrogen and oxygen atoms in total. The number of hydrogen-bond donors (Lipinski definition) is 1. The summed E-state index contributed by atoms with van der Waals surface area (Å²) in [4.78, 5) is 2.48. The Morgan fingerprint density at radius 1 is 1.29 bits per heavy atom. The normalized spacial score (nSPS) is 16.9. The van der Waals surface area contributed by atoms with Crippen LogP contribution in [0.15, 0.2) is 24.3 Å². The lowest BCUT2D eigenvalue weighted by atomic mass is 10.1. The Morgan fingerprint density at radius 3 is 2.41 bits per heavy atom. The second kappa shape index (κ2) is 5.54. The molecule has 1 N–H and O–H groups in total. The summed E-state index contributed by atoms with van der Waals surface area (Å²) in [5.41, 5.74) is 2.29. The van der Waals surface area contributed by atoms with Crippen LogP contribution < -0.4 is 4.90 Å². The molecule has 2 heteroatoms. The highest BCUT2D eigenvalue weighted by molar-refractivity contribution is 5.48. The van der Waals surface area contributed by atoms with Gasteiger partial charge in [0.05, 0.1) is 6.10 Å². The van der Waals surface area contributed by atoms with E-state index in [0.29, 0.717) is 0 Å². The predicted octanol–water partition coefficient (Wildman–Crippen LogP) is 3.37. The first-order valence-corrected chi connectivity index (χ1v) is 6.73. The largest absolute Gasteiger partial charge is 0.389 e. The predicted molar refractivity (Wildman–Crippen MR) is 72.3 cm³/mol. The van der Waals surface area contributed by atoms with Crippen LogP contribution in [0.4, 0.5) is 5.69 Å². The summed E-state index contributed by atoms with van der Waals surface area (Å²) in [6, 6.07) is 8.35. The molecule has 0 amide bonds. The summed E-state index contributed by atoms with van der Waals surface area (Å²) >= 11 is 0. The van der Waals surface area contributed by atoms with Gasteiger partial charge in [0.25, 0.3) is 0 Å². The van der Waals surface area contributed by atoms with Gasteiger partial charge in [-0.3, -0.25) is 0 Å². The lowest BCUT2D eigenvalue weighted by Gasteiger charge is -2.24. The molecule has 0 unspecified atom stereocenters. The molecule has 1 aromatic rings. The minimum atomic E-state index is -0.368. The maximum Gasteiger partial charge on any atom is 0.0761 e. The van der Waals surface area contributed by atoms with E-state index < -0.39 is 0 Å². The number of rotatable bonds is 6. The molecule has 0 aliphatic heterocycles. The molecular formula is C15H23NO. The summed E-state index contributed by atoms with van der Waals surface area (Å²) in [5.74, 6) is 0.915. The molecule has 1 saturated carbocycles. The molecule has 0 spiro atoms. The highest BCUT2D eigenvalue weighted by Gasteiger charge is 2.24. The zero-order valence-corrected chi connectivity index (χ0v) is 10.9. The SMILES string of the molecule is CCCN(CC1CC1)c1ccc([C@H](C)O)cc1. The number of aliphatic hydroxyl groups is 1. The van der Waals surface area contributed by atoms with E-state index in [0.717, 1.165) is 18.0 Å². The number of hydrogen-bond acceptors (Lipinski definition) is 2. The van der Waals surface area contributed by atoms with Crippen LogP contribution in [0.5, 0.6) is 0 Å². The van der Waals surface area contributed by atoms with Crippen LogP contribution in [-0.4, -0.2) is 18.2 Å². The van der Waals surface area contributed by atoms with Crippen LogP contribution in [0.1, 0.15) is 44.8 Å². The molecule has 17 heavy (non-hydrogen) atoms. The van der Waals surface area contributed by atoms with Crippen LogP contribution in [0.3, 0.4) is 0 Å². The maximum absolute atomic E-state index is 9.50. The second-order valence-electron chi connectivity index (χ2n) is 5.16. The molecule has 0 saturated heterocycles. The Labute approximate surface area is 104 Å². The van der Waals surface area contributed by atoms with Gasteiger partial charge in [0.15, 0.2) is 0 Å². The summed E-state index contributed by atoms with van der Waals surface area (Å²) in [6.45, 7) is 6.36. The summed E-state index contributed by atoms with van der Waals surface area (Å²) < 4.78 is 0. The fraction of sp³-hybridized carbons (Fsp3) is 0.600. The van der Waals surface area contributed by atoms with Crippen molar-refractivity contribution >= 4 is 5.69 Å². The van der Waals surface area contributed by atoms with E-state index in [1.807, 2.05) is 19.1 Å². The Morgan fingerprint density at radius 2 is 1.94 bits per heavy atom. The van der Waals surface area contributed by atoms with Gasteiger partial charge >= 0.3 is 0 Å². The molecule has 2 rings (SSSR count). The van der Waals surface area contributed by atoms with Crippen molar-refractivity contribution in [1.29, 1.82) is 0 Å². The van der Waals surface area contributed by atoms with Gasteiger partial charge in [-0.25, -0.2) is 0 Å². The van der Waals surface area contributed by atoms with Gasteiger partial charge in [0, 0.05) is 18.8 Å². The van der Waals surface area contributed by atoms with Crippen LogP contribution in [-0.2, 0) is 0 Å². The van der Waals surface area contributed by atoms with E-state index in [2.05, 4.69) is 24.0 Å². The van der Waals surface area contributed by atoms with Crippen molar-refractivity contribution in [2.24, 2.45) is 5.92 Å². The fourth-order valence-corrected chi connectivity index (χ4v) is 2.17. The van der Waals surface area contributed by atoms with E-state index in [1.54, 1.807) is 0 Å². The molecule has 1 aliphatic rings. The minimum absolute atomic E-state index is 0.368. The third-order valence-electron chi connectivity index (χ3n) is 3.41. The van der Waals surface area contributed by atoms with Crippen LogP contribution >= 0.6 is 0 Å². The summed E-state index contributed by atoms with van der Waals surface area (Å²) in [6.07, 6.45) is 3.61. The van der Waals surface area contributed by atoms with Crippen molar-refractivity contribution in [2.75, 3.05) is 18.0 Å². The zero-order chi connectivity index (χ0) is 12.3. The second-order valence-corrected chi connectivity index (χ2v) is 5.16. The summed E-state index contributed by atoms with van der Waals surface area (Å²) in [5, 5.41) is 9.50. The number of anilines is 1. The average Bonchev–Trinajstić information content (AvgIpc) is 3.13. The van der Waals surface area contributed by atoms with E-state index in [4.69, 9.17) is 0 Å². The van der Waals surface area contributed by atoms with Crippen LogP contribution in [0.25, 0.3) is 0 Å². The van der Waals surface area contributed by atoms with Gasteiger partial charge in [0.2, 0.25) is 0 Å². The summed E-state index contributed by atoms with van der Waals surface area (Å²) in [7, 11) is 0. The van der Waals surface area contributed by atoms with Gasteiger partial charge in [-0.1, -0.05) is 19.1 Å².